The molecule has 0 aromatic heterocycles. The Balaban J connectivity index is 4.10. The molecule has 0 aliphatic rings. The maximum absolute atomic E-state index is 12.7. The predicted octanol–water partition coefficient (Wildman–Crippen LogP) is 10.1. The molecule has 2 atom stereocenters. The van der Waals surface area contributed by atoms with Crippen LogP contribution in [-0.2, 0) is 23.9 Å². The number of unbranched alkanes of at least 4 members (excludes halogenated alkanes) is 25. The highest BCUT2D eigenvalue weighted by Gasteiger charge is 2.19. The fraction of sp³-hybridized carbons (Fsp3) is 0.905. The summed E-state index contributed by atoms with van der Waals surface area (Å²) >= 11 is 0. The fourth-order valence-electron chi connectivity index (χ4n) is 6.54. The summed E-state index contributed by atoms with van der Waals surface area (Å²) < 4.78 is 6.00. The van der Waals surface area contributed by atoms with Crippen LogP contribution in [0.15, 0.2) is 0 Å². The highest BCUT2D eigenvalue weighted by atomic mass is 16.5. The van der Waals surface area contributed by atoms with Crippen molar-refractivity contribution in [3.8, 4) is 0 Å². The summed E-state index contributed by atoms with van der Waals surface area (Å²) in [5, 5.41) is 22.5. The van der Waals surface area contributed by atoms with Crippen molar-refractivity contribution in [3.63, 3.8) is 0 Å². The van der Waals surface area contributed by atoms with Gasteiger partial charge in [0.1, 0.15) is 12.1 Å². The number of carbonyl (C=O) groups is 4. The van der Waals surface area contributed by atoms with Crippen molar-refractivity contribution in [3.05, 3.63) is 0 Å². The normalized spacial score (nSPS) is 12.4. The summed E-state index contributed by atoms with van der Waals surface area (Å²) in [5.74, 6) is -2.28. The quantitative estimate of drug-likeness (QED) is 0.0365. The standard InChI is InChI=1S/C42H80N2O7/c1-3-5-7-9-11-12-13-14-15-16-17-18-19-21-26-30-34-41(48)51-37(31-27-23-20-10-8-6-4-2)32-28-24-22-25-29-33-39(46)43-35-40(47)44-38(36-45)42(49)50/h37-38,45H,3-36H2,1-2H3,(H,43,46)(H,44,47)(H,49,50). The number of aliphatic carboxylic acids is 1. The minimum absolute atomic E-state index is 0.00215. The number of nitrogens with one attached hydrogen (secondary N) is 2. The Hall–Kier alpha value is -2.16. The van der Waals surface area contributed by atoms with Crippen LogP contribution < -0.4 is 10.6 Å². The number of rotatable bonds is 39. The molecule has 51 heavy (non-hydrogen) atoms. The van der Waals surface area contributed by atoms with Gasteiger partial charge in [-0.3, -0.25) is 14.4 Å². The van der Waals surface area contributed by atoms with Crippen LogP contribution in [0.1, 0.15) is 219 Å². The van der Waals surface area contributed by atoms with E-state index in [0.717, 1.165) is 57.8 Å². The van der Waals surface area contributed by atoms with Crippen molar-refractivity contribution in [2.45, 2.75) is 231 Å². The molecule has 0 rings (SSSR count). The van der Waals surface area contributed by atoms with Gasteiger partial charge in [0.05, 0.1) is 13.2 Å². The maximum atomic E-state index is 12.7. The average Bonchev–Trinajstić information content (AvgIpc) is 3.11. The Bertz CT molecular complexity index is 838. The molecule has 2 amide bonds. The molecule has 0 fully saturated rings. The van der Waals surface area contributed by atoms with E-state index in [1.165, 1.54) is 128 Å². The molecule has 9 heteroatoms. The zero-order chi connectivity index (χ0) is 37.6. The van der Waals surface area contributed by atoms with E-state index >= 15 is 0 Å². The van der Waals surface area contributed by atoms with Gasteiger partial charge >= 0.3 is 11.9 Å². The molecule has 9 nitrogen and oxygen atoms in total. The van der Waals surface area contributed by atoms with E-state index < -0.39 is 24.5 Å². The lowest BCUT2D eigenvalue weighted by Gasteiger charge is -2.18. The average molecular weight is 725 g/mol. The van der Waals surface area contributed by atoms with Crippen LogP contribution in [0.2, 0.25) is 0 Å². The molecule has 0 heterocycles. The molecule has 0 aromatic rings. The van der Waals surface area contributed by atoms with Gasteiger partial charge in [-0.25, -0.2) is 4.79 Å². The number of hydrogen-bond donors (Lipinski definition) is 4. The molecule has 0 aliphatic heterocycles. The number of amides is 2. The Morgan fingerprint density at radius 3 is 1.27 bits per heavy atom. The smallest absolute Gasteiger partial charge is 0.328 e. The van der Waals surface area contributed by atoms with Gasteiger partial charge in [-0.2, -0.15) is 0 Å². The lowest BCUT2D eigenvalue weighted by molar-refractivity contribution is -0.150. The summed E-state index contributed by atoms with van der Waals surface area (Å²) in [6, 6.07) is -1.38. The zero-order valence-corrected chi connectivity index (χ0v) is 33.1. The van der Waals surface area contributed by atoms with Crippen LogP contribution in [0, 0.1) is 0 Å². The largest absolute Gasteiger partial charge is 0.480 e. The topological polar surface area (TPSA) is 142 Å². The number of carboxylic acids is 1. The number of aliphatic hydroxyl groups is 1. The maximum Gasteiger partial charge on any atom is 0.328 e. The number of carboxylic acid groups (broad SMARTS) is 1. The Morgan fingerprint density at radius 1 is 0.510 bits per heavy atom. The van der Waals surface area contributed by atoms with Crippen molar-refractivity contribution in [1.29, 1.82) is 0 Å². The van der Waals surface area contributed by atoms with Crippen molar-refractivity contribution in [2.75, 3.05) is 13.2 Å². The summed E-state index contributed by atoms with van der Waals surface area (Å²) in [4.78, 5) is 47.4. The molecular weight excluding hydrogens is 644 g/mol. The number of hydrogen-bond acceptors (Lipinski definition) is 6. The third kappa shape index (κ3) is 34.7. The number of esters is 1. The summed E-state index contributed by atoms with van der Waals surface area (Å²) in [7, 11) is 0. The fourth-order valence-corrected chi connectivity index (χ4v) is 6.54. The minimum Gasteiger partial charge on any atom is -0.480 e. The van der Waals surface area contributed by atoms with Gasteiger partial charge in [-0.05, 0) is 38.5 Å². The van der Waals surface area contributed by atoms with Gasteiger partial charge in [0.2, 0.25) is 11.8 Å². The number of carbonyl (C=O) groups excluding carboxylic acids is 3. The van der Waals surface area contributed by atoms with Crippen molar-refractivity contribution >= 4 is 23.8 Å². The van der Waals surface area contributed by atoms with E-state index in [4.69, 9.17) is 14.9 Å². The summed E-state index contributed by atoms with van der Waals surface area (Å²) in [6.07, 6.45) is 37.1. The van der Waals surface area contributed by atoms with Crippen LogP contribution >= 0.6 is 0 Å². The van der Waals surface area contributed by atoms with E-state index in [1.807, 2.05) is 0 Å². The van der Waals surface area contributed by atoms with Crippen LogP contribution in [0.4, 0.5) is 0 Å². The van der Waals surface area contributed by atoms with Crippen molar-refractivity contribution < 1.29 is 34.1 Å². The first-order valence-electron chi connectivity index (χ1n) is 21.4. The second kappa shape index (κ2) is 37.6. The number of ether oxygens (including phenoxy) is 1. The molecule has 0 saturated heterocycles. The molecule has 0 aliphatic carbocycles. The van der Waals surface area contributed by atoms with Crippen LogP contribution in [0.25, 0.3) is 0 Å². The first kappa shape index (κ1) is 48.8. The van der Waals surface area contributed by atoms with Gasteiger partial charge in [0.15, 0.2) is 0 Å². The Labute approximate surface area is 312 Å². The Kier molecular flexibility index (Phi) is 36.0. The SMILES string of the molecule is CCCCCCCCCCCCCCCCCCC(=O)OC(CCCCCCCCC)CCCCCCCC(=O)NCC(=O)NC(CO)C(=O)O. The molecule has 300 valence electrons. The zero-order valence-electron chi connectivity index (χ0n) is 33.1. The molecule has 0 spiro atoms. The first-order valence-corrected chi connectivity index (χ1v) is 21.4. The monoisotopic (exact) mass is 725 g/mol. The first-order chi connectivity index (χ1) is 24.8. The third-order valence-corrected chi connectivity index (χ3v) is 9.85. The van der Waals surface area contributed by atoms with Crippen molar-refractivity contribution in [2.24, 2.45) is 0 Å². The summed E-state index contributed by atoms with van der Waals surface area (Å²) in [6.45, 7) is 3.48. The van der Waals surface area contributed by atoms with E-state index in [0.29, 0.717) is 19.3 Å². The molecular formula is C42H80N2O7. The molecule has 0 aromatic carbocycles. The van der Waals surface area contributed by atoms with E-state index in [-0.39, 0.29) is 24.5 Å². The lowest BCUT2D eigenvalue weighted by atomic mass is 10.0. The van der Waals surface area contributed by atoms with Crippen LogP contribution in [-0.4, -0.2) is 59.3 Å². The van der Waals surface area contributed by atoms with Gasteiger partial charge in [0, 0.05) is 12.8 Å². The van der Waals surface area contributed by atoms with Crippen LogP contribution in [0.3, 0.4) is 0 Å². The second-order valence-corrected chi connectivity index (χ2v) is 14.8. The molecule has 4 N–H and O–H groups in total. The lowest BCUT2D eigenvalue weighted by Crippen LogP contribution is -2.47. The number of aliphatic hydroxyl groups excluding tert-OH is 1. The molecule has 0 radical (unpaired) electrons. The van der Waals surface area contributed by atoms with Gasteiger partial charge < -0.3 is 25.6 Å². The van der Waals surface area contributed by atoms with Crippen molar-refractivity contribution in [1.82, 2.24) is 10.6 Å². The van der Waals surface area contributed by atoms with Crippen LogP contribution in [0.5, 0.6) is 0 Å². The molecule has 0 bridgehead atoms. The molecule has 0 saturated carbocycles. The van der Waals surface area contributed by atoms with Gasteiger partial charge in [-0.1, -0.05) is 168 Å². The minimum atomic E-state index is -1.38. The predicted molar refractivity (Wildman–Crippen MR) is 209 cm³/mol. The summed E-state index contributed by atoms with van der Waals surface area (Å²) in [5.41, 5.74) is 0. The highest BCUT2D eigenvalue weighted by Crippen LogP contribution is 2.19. The van der Waals surface area contributed by atoms with E-state index in [9.17, 15) is 19.2 Å². The van der Waals surface area contributed by atoms with Gasteiger partial charge in [-0.15, -0.1) is 0 Å². The van der Waals surface area contributed by atoms with E-state index in [1.54, 1.807) is 0 Å². The third-order valence-electron chi connectivity index (χ3n) is 9.85. The second-order valence-electron chi connectivity index (χ2n) is 14.8. The molecule has 2 unspecified atom stereocenters. The highest BCUT2D eigenvalue weighted by molar-refractivity contribution is 5.87. The van der Waals surface area contributed by atoms with Gasteiger partial charge in [0.25, 0.3) is 0 Å². The Morgan fingerprint density at radius 2 is 0.882 bits per heavy atom. The van der Waals surface area contributed by atoms with E-state index in [2.05, 4.69) is 24.5 Å².